The number of anilines is 2. The third-order valence-electron chi connectivity index (χ3n) is 4.97. The van der Waals surface area contributed by atoms with E-state index in [4.69, 9.17) is 4.74 Å². The molecule has 10 nitrogen and oxygen atoms in total. The second-order valence-corrected chi connectivity index (χ2v) is 8.56. The van der Waals surface area contributed by atoms with Crippen molar-refractivity contribution in [1.29, 1.82) is 0 Å². The average Bonchev–Trinajstić information content (AvgIpc) is 3.23. The number of thioether (sulfide) groups is 1. The zero-order valence-corrected chi connectivity index (χ0v) is 18.5. The standard InChI is InChI=1S/C21H21FN6O4S/c1-14(19(29)23-16-5-7-17(8-6-16)28(30)31)33-21-25-24-20(26-9-11-32-12-10-26)27(21)18-4-2-3-15(22)13-18/h2-8,13-14H,9-12H2,1H3,(H,23,29). The third-order valence-corrected chi connectivity index (χ3v) is 6.02. The zero-order chi connectivity index (χ0) is 23.4. The average molecular weight is 473 g/mol. The number of nitrogens with one attached hydrogen (secondary N) is 1. The Bertz CT molecular complexity index is 1150. The first-order valence-electron chi connectivity index (χ1n) is 10.2. The molecule has 3 aromatic rings. The Kier molecular flexibility index (Phi) is 6.84. The molecule has 1 saturated heterocycles. The van der Waals surface area contributed by atoms with Crippen LogP contribution in [0.5, 0.6) is 0 Å². The lowest BCUT2D eigenvalue weighted by Gasteiger charge is -2.28. The molecule has 1 atom stereocenters. The summed E-state index contributed by atoms with van der Waals surface area (Å²) in [6, 6.07) is 11.7. The van der Waals surface area contributed by atoms with Gasteiger partial charge < -0.3 is 15.0 Å². The van der Waals surface area contributed by atoms with E-state index in [0.29, 0.717) is 48.8 Å². The van der Waals surface area contributed by atoms with E-state index in [0.717, 1.165) is 0 Å². The Morgan fingerprint density at radius 3 is 2.61 bits per heavy atom. The highest BCUT2D eigenvalue weighted by atomic mass is 32.2. The van der Waals surface area contributed by atoms with Gasteiger partial charge in [-0.1, -0.05) is 17.8 Å². The minimum absolute atomic E-state index is 0.0609. The summed E-state index contributed by atoms with van der Waals surface area (Å²) in [5, 5.41) is 22.0. The van der Waals surface area contributed by atoms with E-state index in [2.05, 4.69) is 15.5 Å². The monoisotopic (exact) mass is 472 g/mol. The Labute approximate surface area is 192 Å². The molecule has 172 valence electrons. The fourth-order valence-corrected chi connectivity index (χ4v) is 4.13. The van der Waals surface area contributed by atoms with Crippen molar-refractivity contribution in [3.05, 3.63) is 64.5 Å². The van der Waals surface area contributed by atoms with Gasteiger partial charge >= 0.3 is 0 Å². The fraction of sp³-hybridized carbons (Fsp3) is 0.286. The van der Waals surface area contributed by atoms with Crippen LogP contribution in [0.2, 0.25) is 0 Å². The molecule has 1 unspecified atom stereocenters. The smallest absolute Gasteiger partial charge is 0.269 e. The van der Waals surface area contributed by atoms with Gasteiger partial charge in [-0.15, -0.1) is 10.2 Å². The number of hydrogen-bond donors (Lipinski definition) is 1. The number of benzene rings is 2. The maximum absolute atomic E-state index is 14.0. The number of carbonyl (C=O) groups is 1. The fourth-order valence-electron chi connectivity index (χ4n) is 3.27. The number of nitrogens with zero attached hydrogens (tertiary/aromatic N) is 5. The molecule has 0 saturated carbocycles. The van der Waals surface area contributed by atoms with E-state index < -0.39 is 16.0 Å². The number of nitro benzene ring substituents is 1. The lowest BCUT2D eigenvalue weighted by molar-refractivity contribution is -0.384. The van der Waals surface area contributed by atoms with Crippen LogP contribution in [-0.2, 0) is 9.53 Å². The lowest BCUT2D eigenvalue weighted by atomic mass is 10.3. The molecule has 0 aliphatic carbocycles. The quantitative estimate of drug-likeness (QED) is 0.317. The molecule has 12 heteroatoms. The van der Waals surface area contributed by atoms with Crippen LogP contribution in [0, 0.1) is 15.9 Å². The second-order valence-electron chi connectivity index (χ2n) is 7.25. The van der Waals surface area contributed by atoms with Crippen molar-refractivity contribution in [2.75, 3.05) is 36.5 Å². The van der Waals surface area contributed by atoms with Crippen LogP contribution in [0.15, 0.2) is 53.7 Å². The number of nitro groups is 1. The maximum atomic E-state index is 14.0. The molecule has 1 aliphatic rings. The van der Waals surface area contributed by atoms with Gasteiger partial charge in [-0.3, -0.25) is 19.5 Å². The molecule has 33 heavy (non-hydrogen) atoms. The van der Waals surface area contributed by atoms with Crippen molar-refractivity contribution in [2.24, 2.45) is 0 Å². The summed E-state index contributed by atoms with van der Waals surface area (Å²) in [6.45, 7) is 4.05. The van der Waals surface area contributed by atoms with E-state index in [1.165, 1.54) is 48.2 Å². The minimum Gasteiger partial charge on any atom is -0.378 e. The van der Waals surface area contributed by atoms with E-state index in [1.807, 2.05) is 4.90 Å². The normalized spacial score (nSPS) is 14.7. The summed E-state index contributed by atoms with van der Waals surface area (Å²) in [4.78, 5) is 25.0. The second kappa shape index (κ2) is 9.96. The number of rotatable bonds is 7. The Balaban J connectivity index is 1.55. The molecule has 1 N–H and O–H groups in total. The van der Waals surface area contributed by atoms with Gasteiger partial charge in [0.05, 0.1) is 29.1 Å². The maximum Gasteiger partial charge on any atom is 0.269 e. The van der Waals surface area contributed by atoms with E-state index >= 15 is 0 Å². The number of aromatic nitrogens is 3. The van der Waals surface area contributed by atoms with Crippen molar-refractivity contribution in [3.8, 4) is 5.69 Å². The van der Waals surface area contributed by atoms with Crippen molar-refractivity contribution in [2.45, 2.75) is 17.3 Å². The number of halogens is 1. The van der Waals surface area contributed by atoms with Crippen LogP contribution in [0.1, 0.15) is 6.92 Å². The first-order chi connectivity index (χ1) is 15.9. The number of ether oxygens (including phenoxy) is 1. The van der Waals surface area contributed by atoms with Gasteiger partial charge in [0.2, 0.25) is 11.9 Å². The molecule has 4 rings (SSSR count). The van der Waals surface area contributed by atoms with Gasteiger partial charge in [-0.05, 0) is 37.3 Å². The Morgan fingerprint density at radius 1 is 1.21 bits per heavy atom. The Hall–Kier alpha value is -3.51. The summed E-state index contributed by atoms with van der Waals surface area (Å²) in [5.41, 5.74) is 0.930. The molecular formula is C21H21FN6O4S. The van der Waals surface area contributed by atoms with Gasteiger partial charge in [0.25, 0.3) is 5.69 Å². The summed E-state index contributed by atoms with van der Waals surface area (Å²) >= 11 is 1.18. The highest BCUT2D eigenvalue weighted by Gasteiger charge is 2.25. The SMILES string of the molecule is CC(Sc1nnc(N2CCOCC2)n1-c1cccc(F)c1)C(=O)Nc1ccc([N+](=O)[O-])cc1. The van der Waals surface area contributed by atoms with Crippen LogP contribution in [0.25, 0.3) is 5.69 Å². The highest BCUT2D eigenvalue weighted by Crippen LogP contribution is 2.30. The third kappa shape index (κ3) is 5.29. The summed E-state index contributed by atoms with van der Waals surface area (Å²) in [6.07, 6.45) is 0. The van der Waals surface area contributed by atoms with Gasteiger partial charge in [0.1, 0.15) is 5.82 Å². The topological polar surface area (TPSA) is 115 Å². The molecule has 1 fully saturated rings. The minimum atomic E-state index is -0.575. The van der Waals surface area contributed by atoms with Crippen molar-refractivity contribution in [3.63, 3.8) is 0 Å². The summed E-state index contributed by atoms with van der Waals surface area (Å²) in [5.74, 6) is -0.154. The first-order valence-corrected chi connectivity index (χ1v) is 11.1. The lowest BCUT2D eigenvalue weighted by Crippen LogP contribution is -2.38. The van der Waals surface area contributed by atoms with Gasteiger partial charge in [0, 0.05) is 30.9 Å². The predicted octanol–water partition coefficient (Wildman–Crippen LogP) is 3.27. The first kappa shape index (κ1) is 22.7. The van der Waals surface area contributed by atoms with Gasteiger partial charge in [-0.25, -0.2) is 4.39 Å². The van der Waals surface area contributed by atoms with Crippen LogP contribution in [0.4, 0.5) is 21.7 Å². The van der Waals surface area contributed by atoms with Crippen LogP contribution in [-0.4, -0.2) is 57.1 Å². The molecule has 1 aliphatic heterocycles. The van der Waals surface area contributed by atoms with E-state index in [-0.39, 0.29) is 11.6 Å². The zero-order valence-electron chi connectivity index (χ0n) is 17.7. The predicted molar refractivity (Wildman–Crippen MR) is 121 cm³/mol. The molecule has 0 radical (unpaired) electrons. The van der Waals surface area contributed by atoms with Crippen LogP contribution >= 0.6 is 11.8 Å². The molecule has 1 aromatic heterocycles. The summed E-state index contributed by atoms with van der Waals surface area (Å²) in [7, 11) is 0. The van der Waals surface area contributed by atoms with Crippen LogP contribution in [0.3, 0.4) is 0 Å². The van der Waals surface area contributed by atoms with Gasteiger partial charge in [0.15, 0.2) is 5.16 Å². The molecule has 0 spiro atoms. The number of amides is 1. The number of carbonyl (C=O) groups excluding carboxylic acids is 1. The number of morpholine rings is 1. The molecule has 1 amide bonds. The van der Waals surface area contributed by atoms with Crippen molar-refractivity contribution < 1.29 is 18.8 Å². The number of hydrogen-bond acceptors (Lipinski definition) is 8. The van der Waals surface area contributed by atoms with E-state index in [1.54, 1.807) is 23.6 Å². The molecule has 0 bridgehead atoms. The Morgan fingerprint density at radius 2 is 1.94 bits per heavy atom. The molecule has 2 heterocycles. The number of non-ortho nitro benzene ring substituents is 1. The van der Waals surface area contributed by atoms with Crippen molar-refractivity contribution in [1.82, 2.24) is 14.8 Å². The van der Waals surface area contributed by atoms with Crippen LogP contribution < -0.4 is 10.2 Å². The van der Waals surface area contributed by atoms with Crippen molar-refractivity contribution >= 4 is 35.0 Å². The molecule has 2 aromatic carbocycles. The largest absolute Gasteiger partial charge is 0.378 e. The molecular weight excluding hydrogens is 451 g/mol. The van der Waals surface area contributed by atoms with Gasteiger partial charge in [-0.2, -0.15) is 0 Å². The van der Waals surface area contributed by atoms with E-state index in [9.17, 15) is 19.3 Å². The summed E-state index contributed by atoms with van der Waals surface area (Å²) < 4.78 is 21.1. The highest BCUT2D eigenvalue weighted by molar-refractivity contribution is 8.00.